The third kappa shape index (κ3) is 5.07. The van der Waals surface area contributed by atoms with E-state index in [1.54, 1.807) is 23.2 Å². The summed E-state index contributed by atoms with van der Waals surface area (Å²) < 4.78 is 13.2. The van der Waals surface area contributed by atoms with Crippen molar-refractivity contribution >= 4 is 11.9 Å². The first-order valence-corrected chi connectivity index (χ1v) is 8.65. The Bertz CT molecular complexity index is 869. The van der Waals surface area contributed by atoms with Crippen LogP contribution >= 0.6 is 0 Å². The Morgan fingerprint density at radius 2 is 1.78 bits per heavy atom. The van der Waals surface area contributed by atoms with Gasteiger partial charge in [0.05, 0.1) is 17.8 Å². The van der Waals surface area contributed by atoms with Gasteiger partial charge in [-0.15, -0.1) is 0 Å². The highest BCUT2D eigenvalue weighted by atomic mass is 19.1. The molecule has 0 atom stereocenters. The summed E-state index contributed by atoms with van der Waals surface area (Å²) in [5.41, 5.74) is 1.97. The van der Waals surface area contributed by atoms with Crippen molar-refractivity contribution in [3.05, 3.63) is 83.7 Å². The summed E-state index contributed by atoms with van der Waals surface area (Å²) in [5.74, 6) is -0.0503. The number of nitrogens with zero attached hydrogens (tertiary/aromatic N) is 4. The van der Waals surface area contributed by atoms with Gasteiger partial charge in [-0.2, -0.15) is 0 Å². The fraction of sp³-hybridized carbons (Fsp3) is 0.200. The molecule has 0 bridgehead atoms. The number of aromatic nitrogens is 3. The molecule has 2 aromatic heterocycles. The average molecular weight is 365 g/mol. The second-order valence-corrected chi connectivity index (χ2v) is 5.93. The van der Waals surface area contributed by atoms with Gasteiger partial charge in [0, 0.05) is 31.7 Å². The zero-order valence-electron chi connectivity index (χ0n) is 15.0. The molecule has 3 aromatic rings. The fourth-order valence-corrected chi connectivity index (χ4v) is 2.57. The van der Waals surface area contributed by atoms with Gasteiger partial charge in [-0.25, -0.2) is 14.4 Å². The van der Waals surface area contributed by atoms with Crippen molar-refractivity contribution in [3.8, 4) is 0 Å². The number of anilines is 1. The van der Waals surface area contributed by atoms with Crippen molar-refractivity contribution < 1.29 is 9.18 Å². The highest BCUT2D eigenvalue weighted by molar-refractivity contribution is 5.93. The Morgan fingerprint density at radius 3 is 2.41 bits per heavy atom. The minimum atomic E-state index is -0.311. The molecule has 0 aliphatic carbocycles. The number of amides is 1. The number of hydrogen-bond donors (Lipinski definition) is 1. The van der Waals surface area contributed by atoms with Crippen LogP contribution in [0.1, 0.15) is 28.5 Å². The molecule has 0 unspecified atom stereocenters. The van der Waals surface area contributed by atoms with E-state index < -0.39 is 0 Å². The zero-order chi connectivity index (χ0) is 19.1. The first-order valence-electron chi connectivity index (χ1n) is 8.65. The molecule has 0 radical (unpaired) electrons. The van der Waals surface area contributed by atoms with Gasteiger partial charge in [0.25, 0.3) is 5.91 Å². The molecule has 27 heavy (non-hydrogen) atoms. The molecular formula is C20H20FN5O. The number of pyridine rings is 1. The lowest BCUT2D eigenvalue weighted by atomic mass is 10.2. The monoisotopic (exact) mass is 365 g/mol. The summed E-state index contributed by atoms with van der Waals surface area (Å²) in [5, 5.41) is 3.00. The summed E-state index contributed by atoms with van der Waals surface area (Å²) >= 11 is 0. The number of benzene rings is 1. The molecule has 0 aliphatic heterocycles. The van der Waals surface area contributed by atoms with Crippen molar-refractivity contribution in [1.29, 1.82) is 0 Å². The SMILES string of the molecule is CCNc1ncc(C(=O)N(Cc2ccc(F)cc2)Cc2ccccn2)cn1. The lowest BCUT2D eigenvalue weighted by Gasteiger charge is -2.22. The highest BCUT2D eigenvalue weighted by Crippen LogP contribution is 2.14. The fourth-order valence-electron chi connectivity index (χ4n) is 2.57. The molecule has 0 saturated heterocycles. The van der Waals surface area contributed by atoms with E-state index in [0.717, 1.165) is 11.3 Å². The Morgan fingerprint density at radius 1 is 1.04 bits per heavy atom. The predicted molar refractivity (Wildman–Crippen MR) is 100 cm³/mol. The summed E-state index contributed by atoms with van der Waals surface area (Å²) in [7, 11) is 0. The van der Waals surface area contributed by atoms with Crippen molar-refractivity contribution in [1.82, 2.24) is 19.9 Å². The van der Waals surface area contributed by atoms with Gasteiger partial charge in [0.15, 0.2) is 0 Å². The maximum atomic E-state index is 13.2. The van der Waals surface area contributed by atoms with Crippen LogP contribution in [0.4, 0.5) is 10.3 Å². The number of rotatable bonds is 7. The van der Waals surface area contributed by atoms with Gasteiger partial charge in [-0.1, -0.05) is 18.2 Å². The van der Waals surface area contributed by atoms with Gasteiger partial charge in [0.2, 0.25) is 5.95 Å². The third-order valence-corrected chi connectivity index (χ3v) is 3.89. The molecule has 1 N–H and O–H groups in total. The maximum absolute atomic E-state index is 13.2. The van der Waals surface area contributed by atoms with Crippen LogP contribution in [0.5, 0.6) is 0 Å². The molecule has 1 aromatic carbocycles. The molecule has 7 heteroatoms. The average Bonchev–Trinajstić information content (AvgIpc) is 2.70. The Hall–Kier alpha value is -3.35. The molecule has 3 rings (SSSR count). The number of halogens is 1. The van der Waals surface area contributed by atoms with E-state index in [0.29, 0.717) is 31.1 Å². The number of carbonyl (C=O) groups excluding carboxylic acids is 1. The molecule has 0 aliphatic rings. The van der Waals surface area contributed by atoms with E-state index in [2.05, 4.69) is 20.3 Å². The summed E-state index contributed by atoms with van der Waals surface area (Å²) in [6.07, 6.45) is 4.69. The third-order valence-electron chi connectivity index (χ3n) is 3.89. The second-order valence-electron chi connectivity index (χ2n) is 5.93. The van der Waals surface area contributed by atoms with Crippen LogP contribution in [-0.2, 0) is 13.1 Å². The molecule has 6 nitrogen and oxygen atoms in total. The van der Waals surface area contributed by atoms with Crippen LogP contribution in [0.3, 0.4) is 0 Å². The summed E-state index contributed by atoms with van der Waals surface area (Å²) in [6, 6.07) is 11.6. The molecule has 138 valence electrons. The molecule has 0 saturated carbocycles. The normalized spacial score (nSPS) is 10.4. The van der Waals surface area contributed by atoms with Crippen molar-refractivity contribution in [3.63, 3.8) is 0 Å². The van der Waals surface area contributed by atoms with Gasteiger partial charge >= 0.3 is 0 Å². The minimum absolute atomic E-state index is 0.215. The zero-order valence-corrected chi connectivity index (χ0v) is 15.0. The standard InChI is InChI=1S/C20H20FN5O/c1-2-22-20-24-11-16(12-25-20)19(27)26(14-18-5-3-4-10-23-18)13-15-6-8-17(21)9-7-15/h3-12H,2,13-14H2,1H3,(H,22,24,25). The first-order chi connectivity index (χ1) is 13.2. The molecule has 2 heterocycles. The number of carbonyl (C=O) groups is 1. The van der Waals surface area contributed by atoms with Crippen molar-refractivity contribution in [2.24, 2.45) is 0 Å². The van der Waals surface area contributed by atoms with Gasteiger partial charge in [-0.05, 0) is 36.8 Å². The number of hydrogen-bond acceptors (Lipinski definition) is 5. The van der Waals surface area contributed by atoms with Crippen LogP contribution in [0.2, 0.25) is 0 Å². The van der Waals surface area contributed by atoms with E-state index in [1.807, 2.05) is 25.1 Å². The summed E-state index contributed by atoms with van der Waals surface area (Å²) in [6.45, 7) is 3.29. The lowest BCUT2D eigenvalue weighted by Crippen LogP contribution is -2.30. The predicted octanol–water partition coefficient (Wildman–Crippen LogP) is 3.29. The largest absolute Gasteiger partial charge is 0.355 e. The van der Waals surface area contributed by atoms with Crippen LogP contribution in [-0.4, -0.2) is 32.3 Å². The quantitative estimate of drug-likeness (QED) is 0.696. The van der Waals surface area contributed by atoms with Crippen LogP contribution in [0.15, 0.2) is 61.1 Å². The van der Waals surface area contributed by atoms with Crippen LogP contribution in [0.25, 0.3) is 0 Å². The lowest BCUT2D eigenvalue weighted by molar-refractivity contribution is 0.0727. The van der Waals surface area contributed by atoms with Crippen molar-refractivity contribution in [2.45, 2.75) is 20.0 Å². The molecule has 0 spiro atoms. The van der Waals surface area contributed by atoms with E-state index in [1.165, 1.54) is 24.5 Å². The van der Waals surface area contributed by atoms with Gasteiger partial charge in [-0.3, -0.25) is 9.78 Å². The van der Waals surface area contributed by atoms with Crippen LogP contribution in [0, 0.1) is 5.82 Å². The van der Waals surface area contributed by atoms with Crippen LogP contribution < -0.4 is 5.32 Å². The molecule has 1 amide bonds. The molecule has 0 fully saturated rings. The Balaban J connectivity index is 1.83. The minimum Gasteiger partial charge on any atom is -0.355 e. The Labute approximate surface area is 157 Å². The van der Waals surface area contributed by atoms with E-state index in [-0.39, 0.29) is 11.7 Å². The Kier molecular flexibility index (Phi) is 6.04. The van der Waals surface area contributed by atoms with Gasteiger partial charge < -0.3 is 10.2 Å². The number of nitrogens with one attached hydrogen (secondary N) is 1. The smallest absolute Gasteiger partial charge is 0.257 e. The first kappa shape index (κ1) is 18.4. The maximum Gasteiger partial charge on any atom is 0.257 e. The topological polar surface area (TPSA) is 71.0 Å². The summed E-state index contributed by atoms with van der Waals surface area (Å²) in [4.78, 5) is 27.3. The molecular weight excluding hydrogens is 345 g/mol. The van der Waals surface area contributed by atoms with Gasteiger partial charge in [0.1, 0.15) is 5.82 Å². The van der Waals surface area contributed by atoms with E-state index in [9.17, 15) is 9.18 Å². The van der Waals surface area contributed by atoms with E-state index >= 15 is 0 Å². The highest BCUT2D eigenvalue weighted by Gasteiger charge is 2.18. The van der Waals surface area contributed by atoms with E-state index in [4.69, 9.17) is 0 Å². The van der Waals surface area contributed by atoms with Crippen molar-refractivity contribution in [2.75, 3.05) is 11.9 Å². The second kappa shape index (κ2) is 8.84.